The Hall–Kier alpha value is -2.77. The van der Waals surface area contributed by atoms with Gasteiger partial charge in [0.05, 0.1) is 0 Å². The van der Waals surface area contributed by atoms with Crippen molar-refractivity contribution >= 4 is 17.9 Å². The summed E-state index contributed by atoms with van der Waals surface area (Å²) in [5.74, 6) is -0.383. The third-order valence-corrected chi connectivity index (χ3v) is 6.08. The molecule has 8 nitrogen and oxygen atoms in total. The van der Waals surface area contributed by atoms with Crippen LogP contribution in [0.25, 0.3) is 0 Å². The predicted molar refractivity (Wildman–Crippen MR) is 152 cm³/mol. The van der Waals surface area contributed by atoms with Crippen LogP contribution in [0.1, 0.15) is 111 Å². The molecule has 0 spiro atoms. The van der Waals surface area contributed by atoms with E-state index in [0.717, 1.165) is 44.9 Å². The zero-order valence-electron chi connectivity index (χ0n) is 24.6. The first-order chi connectivity index (χ1) is 17.9. The molecule has 0 heterocycles. The van der Waals surface area contributed by atoms with Crippen LogP contribution in [0.3, 0.4) is 0 Å². The topological polar surface area (TPSA) is 108 Å². The maximum Gasteiger partial charge on any atom is 0.408 e. The number of hydrogen-bond donors (Lipinski definition) is 3. The molecule has 216 valence electrons. The summed E-state index contributed by atoms with van der Waals surface area (Å²) in [7, 11) is 0. The maximum absolute atomic E-state index is 14.1. The summed E-state index contributed by atoms with van der Waals surface area (Å²) in [5, 5.41) is 15.6. The number of benzene rings is 1. The Morgan fingerprint density at radius 2 is 1.55 bits per heavy atom. The molecule has 3 N–H and O–H groups in total. The highest BCUT2D eigenvalue weighted by molar-refractivity contribution is 5.92. The van der Waals surface area contributed by atoms with Crippen molar-refractivity contribution < 1.29 is 24.2 Å². The summed E-state index contributed by atoms with van der Waals surface area (Å²) in [5.41, 5.74) is -0.0957. The number of rotatable bonds is 16. The van der Waals surface area contributed by atoms with E-state index < -0.39 is 23.8 Å². The molecule has 0 aliphatic carbocycles. The number of carbonyl (C=O) groups is 3. The van der Waals surface area contributed by atoms with Crippen LogP contribution in [0.2, 0.25) is 0 Å². The van der Waals surface area contributed by atoms with Crippen molar-refractivity contribution in [2.75, 3.05) is 13.1 Å². The van der Waals surface area contributed by atoms with Gasteiger partial charge in [0.2, 0.25) is 11.8 Å². The third kappa shape index (κ3) is 12.7. The Morgan fingerprint density at radius 1 is 0.947 bits per heavy atom. The highest BCUT2D eigenvalue weighted by Crippen LogP contribution is 2.26. The summed E-state index contributed by atoms with van der Waals surface area (Å²) in [6.07, 6.45) is 6.46. The second-order valence-electron chi connectivity index (χ2n) is 11.4. The fraction of sp³-hybridized carbons (Fsp3) is 0.700. The summed E-state index contributed by atoms with van der Waals surface area (Å²) < 4.78 is 5.45. The molecule has 0 aliphatic heterocycles. The van der Waals surface area contributed by atoms with E-state index in [0.29, 0.717) is 25.1 Å². The molecule has 38 heavy (non-hydrogen) atoms. The number of ether oxygens (including phenoxy) is 1. The molecular weight excluding hydrogens is 482 g/mol. The first-order valence-electron chi connectivity index (χ1n) is 14.3. The Morgan fingerprint density at radius 3 is 2.11 bits per heavy atom. The average molecular weight is 534 g/mol. The number of phenolic OH excluding ortho intramolecular Hbond substituents is 1. The number of nitrogens with zero attached hydrogens (tertiary/aromatic N) is 1. The second-order valence-corrected chi connectivity index (χ2v) is 11.4. The SMILES string of the molecule is CCCCCCCN(C(=O)C(CC(C)C)NC(=O)OC(C)(C)C)C(C(=O)NCCCC)c1ccc(O)cc1. The Labute approximate surface area is 229 Å². The molecule has 1 aromatic rings. The predicted octanol–water partition coefficient (Wildman–Crippen LogP) is 6.09. The lowest BCUT2D eigenvalue weighted by Crippen LogP contribution is -2.53. The van der Waals surface area contributed by atoms with Crippen LogP contribution < -0.4 is 10.6 Å². The minimum Gasteiger partial charge on any atom is -0.508 e. The smallest absolute Gasteiger partial charge is 0.408 e. The van der Waals surface area contributed by atoms with Crippen LogP contribution in [0, 0.1) is 5.92 Å². The molecule has 0 saturated carbocycles. The lowest BCUT2D eigenvalue weighted by atomic mass is 9.98. The molecule has 0 saturated heterocycles. The molecule has 2 unspecified atom stereocenters. The van der Waals surface area contributed by atoms with Crippen LogP contribution >= 0.6 is 0 Å². The molecule has 0 fully saturated rings. The fourth-order valence-corrected chi connectivity index (χ4v) is 4.21. The zero-order chi connectivity index (χ0) is 28.7. The fourth-order valence-electron chi connectivity index (χ4n) is 4.21. The number of amides is 3. The van der Waals surface area contributed by atoms with E-state index in [1.165, 1.54) is 12.1 Å². The van der Waals surface area contributed by atoms with Crippen LogP contribution in [0.4, 0.5) is 4.79 Å². The van der Waals surface area contributed by atoms with Gasteiger partial charge in [0.1, 0.15) is 23.4 Å². The van der Waals surface area contributed by atoms with Crippen molar-refractivity contribution in [1.82, 2.24) is 15.5 Å². The van der Waals surface area contributed by atoms with E-state index in [-0.39, 0.29) is 23.5 Å². The van der Waals surface area contributed by atoms with E-state index in [9.17, 15) is 19.5 Å². The van der Waals surface area contributed by atoms with E-state index >= 15 is 0 Å². The van der Waals surface area contributed by atoms with Gasteiger partial charge < -0.3 is 25.4 Å². The summed E-state index contributed by atoms with van der Waals surface area (Å²) >= 11 is 0. The molecule has 1 aromatic carbocycles. The highest BCUT2D eigenvalue weighted by atomic mass is 16.6. The Balaban J connectivity index is 3.41. The Bertz CT molecular complexity index is 848. The standard InChI is InChI=1S/C30H51N3O5/c1-8-10-12-13-14-20-33(28(36)25(21-22(3)4)32-29(37)38-30(5,6)7)26(27(35)31-19-11-9-2)23-15-17-24(34)18-16-23/h15-18,22,25-26,34H,8-14,19-21H2,1-7H3,(H,31,35)(H,32,37). The van der Waals surface area contributed by atoms with Crippen LogP contribution in [0.15, 0.2) is 24.3 Å². The summed E-state index contributed by atoms with van der Waals surface area (Å²) in [6.45, 7) is 14.4. The van der Waals surface area contributed by atoms with E-state index in [4.69, 9.17) is 4.74 Å². The van der Waals surface area contributed by atoms with Crippen LogP contribution in [-0.2, 0) is 14.3 Å². The van der Waals surface area contributed by atoms with Crippen molar-refractivity contribution in [3.8, 4) is 5.75 Å². The van der Waals surface area contributed by atoms with Crippen molar-refractivity contribution in [3.63, 3.8) is 0 Å². The largest absolute Gasteiger partial charge is 0.508 e. The monoisotopic (exact) mass is 533 g/mol. The maximum atomic E-state index is 14.1. The van der Waals surface area contributed by atoms with Crippen LogP contribution in [-0.4, -0.2) is 52.6 Å². The van der Waals surface area contributed by atoms with Crippen LogP contribution in [0.5, 0.6) is 5.75 Å². The lowest BCUT2D eigenvalue weighted by Gasteiger charge is -2.35. The molecule has 1 rings (SSSR count). The van der Waals surface area contributed by atoms with Gasteiger partial charge in [-0.2, -0.15) is 0 Å². The lowest BCUT2D eigenvalue weighted by molar-refractivity contribution is -0.143. The number of carbonyl (C=O) groups excluding carboxylic acids is 3. The number of nitrogens with one attached hydrogen (secondary N) is 2. The number of aromatic hydroxyl groups is 1. The van der Waals surface area contributed by atoms with Crippen molar-refractivity contribution in [3.05, 3.63) is 29.8 Å². The first kappa shape index (κ1) is 33.3. The van der Waals surface area contributed by atoms with E-state index in [1.54, 1.807) is 37.8 Å². The second kappa shape index (κ2) is 16.9. The Kier molecular flexibility index (Phi) is 14.8. The minimum atomic E-state index is -0.888. The van der Waals surface area contributed by atoms with Gasteiger partial charge in [-0.05, 0) is 63.6 Å². The summed E-state index contributed by atoms with van der Waals surface area (Å²) in [6, 6.07) is 4.67. The number of phenols is 1. The third-order valence-electron chi connectivity index (χ3n) is 6.08. The van der Waals surface area contributed by atoms with Gasteiger partial charge in [-0.1, -0.05) is 71.9 Å². The normalized spacial score (nSPS) is 13.1. The van der Waals surface area contributed by atoms with Crippen molar-refractivity contribution in [2.24, 2.45) is 5.92 Å². The molecular formula is C30H51N3O5. The first-order valence-corrected chi connectivity index (χ1v) is 14.3. The molecule has 0 radical (unpaired) electrons. The van der Waals surface area contributed by atoms with Gasteiger partial charge in [0, 0.05) is 13.1 Å². The van der Waals surface area contributed by atoms with Gasteiger partial charge in [-0.3, -0.25) is 9.59 Å². The van der Waals surface area contributed by atoms with Gasteiger partial charge in [-0.15, -0.1) is 0 Å². The molecule has 3 amide bonds. The van der Waals surface area contributed by atoms with E-state index in [2.05, 4.69) is 24.5 Å². The van der Waals surface area contributed by atoms with Gasteiger partial charge >= 0.3 is 6.09 Å². The molecule has 8 heteroatoms. The van der Waals surface area contributed by atoms with Gasteiger partial charge in [-0.25, -0.2) is 4.79 Å². The zero-order valence-corrected chi connectivity index (χ0v) is 24.6. The van der Waals surface area contributed by atoms with Gasteiger partial charge in [0.25, 0.3) is 0 Å². The quantitative estimate of drug-likeness (QED) is 0.223. The van der Waals surface area contributed by atoms with Crippen molar-refractivity contribution in [2.45, 2.75) is 118 Å². The number of hydrogen-bond acceptors (Lipinski definition) is 5. The average Bonchev–Trinajstić information content (AvgIpc) is 2.82. The number of unbranched alkanes of at least 4 members (excludes halogenated alkanes) is 5. The molecule has 0 bridgehead atoms. The molecule has 2 atom stereocenters. The molecule has 0 aromatic heterocycles. The number of alkyl carbamates (subject to hydrolysis) is 1. The van der Waals surface area contributed by atoms with Gasteiger partial charge in [0.15, 0.2) is 0 Å². The molecule has 0 aliphatic rings. The van der Waals surface area contributed by atoms with Crippen molar-refractivity contribution in [1.29, 1.82) is 0 Å². The minimum absolute atomic E-state index is 0.0839. The summed E-state index contributed by atoms with van der Waals surface area (Å²) in [4.78, 5) is 42.0. The van der Waals surface area contributed by atoms with E-state index in [1.807, 2.05) is 13.8 Å². The highest BCUT2D eigenvalue weighted by Gasteiger charge is 2.36.